The lowest BCUT2D eigenvalue weighted by atomic mass is 9.92. The molecule has 0 spiro atoms. The van der Waals surface area contributed by atoms with Crippen LogP contribution in [0.15, 0.2) is 54.6 Å². The highest BCUT2D eigenvalue weighted by Crippen LogP contribution is 2.24. The first-order valence-electron chi connectivity index (χ1n) is 9.56. The van der Waals surface area contributed by atoms with Gasteiger partial charge in [0.25, 0.3) is 0 Å². The molecule has 0 aliphatic heterocycles. The molecule has 148 valence electrons. The summed E-state index contributed by atoms with van der Waals surface area (Å²) >= 11 is 2.45. The number of hydrogen-bond acceptors (Lipinski definition) is 3. The maximum atomic E-state index is 6.33. The van der Waals surface area contributed by atoms with Gasteiger partial charge >= 0.3 is 0 Å². The summed E-state index contributed by atoms with van der Waals surface area (Å²) in [6.45, 7) is 6.60. The molecule has 0 radical (unpaired) electrons. The second-order valence-corrected chi connectivity index (χ2v) is 7.94. The van der Waals surface area contributed by atoms with E-state index < -0.39 is 0 Å². The number of halogens is 1. The van der Waals surface area contributed by atoms with Crippen LogP contribution in [0.3, 0.4) is 0 Å². The summed E-state index contributed by atoms with van der Waals surface area (Å²) in [5.41, 5.74) is 2.40. The third-order valence-corrected chi connectivity index (χ3v) is 6.18. The Kier molecular flexibility index (Phi) is 10.2. The topological polar surface area (TPSA) is 27.7 Å². The molecule has 4 heteroatoms. The van der Waals surface area contributed by atoms with Gasteiger partial charge < -0.3 is 14.2 Å². The van der Waals surface area contributed by atoms with E-state index in [1.807, 2.05) is 30.3 Å². The van der Waals surface area contributed by atoms with Gasteiger partial charge in [-0.2, -0.15) is 0 Å². The van der Waals surface area contributed by atoms with Crippen LogP contribution in [0.1, 0.15) is 31.4 Å². The molecule has 0 saturated heterocycles. The highest BCUT2D eigenvalue weighted by atomic mass is 127. The van der Waals surface area contributed by atoms with Crippen molar-refractivity contribution in [3.8, 4) is 5.75 Å². The summed E-state index contributed by atoms with van der Waals surface area (Å²) in [5.74, 6) is 1.83. The molecule has 0 aliphatic carbocycles. The first-order valence-corrected chi connectivity index (χ1v) is 11.1. The fourth-order valence-corrected chi connectivity index (χ4v) is 3.59. The van der Waals surface area contributed by atoms with Gasteiger partial charge in [0.05, 0.1) is 26.4 Å². The molecule has 3 nitrogen and oxygen atoms in total. The van der Waals surface area contributed by atoms with Crippen LogP contribution in [0.5, 0.6) is 5.75 Å². The van der Waals surface area contributed by atoms with Crippen LogP contribution in [0, 0.1) is 11.8 Å². The molecule has 0 bridgehead atoms. The molecule has 3 atom stereocenters. The average Bonchev–Trinajstić information content (AvgIpc) is 2.72. The van der Waals surface area contributed by atoms with Crippen LogP contribution in [-0.4, -0.2) is 24.2 Å². The van der Waals surface area contributed by atoms with Gasteiger partial charge in [0.2, 0.25) is 0 Å². The molecule has 0 unspecified atom stereocenters. The zero-order valence-electron chi connectivity index (χ0n) is 16.6. The predicted molar refractivity (Wildman–Crippen MR) is 120 cm³/mol. The van der Waals surface area contributed by atoms with E-state index in [2.05, 4.69) is 60.7 Å². The number of alkyl halides is 1. The second kappa shape index (κ2) is 12.4. The fourth-order valence-electron chi connectivity index (χ4n) is 3.09. The Hall–Kier alpha value is -1.11. The third-order valence-electron chi connectivity index (χ3n) is 4.80. The smallest absolute Gasteiger partial charge is 0.118 e. The zero-order chi connectivity index (χ0) is 19.5. The predicted octanol–water partition coefficient (Wildman–Crippen LogP) is 5.89. The molecule has 2 aromatic carbocycles. The standard InChI is InChI=1S/C23H31IO3/c1-18(13-14-26-16-20-7-5-4-6-8-20)23(19(2)15-24)27-17-21-9-11-22(25-3)12-10-21/h4-12,18-19,23H,13-17H2,1-3H3/t18-,19+,23+/m1/s1. The van der Waals surface area contributed by atoms with Crippen molar-refractivity contribution in [3.63, 3.8) is 0 Å². The van der Waals surface area contributed by atoms with Crippen LogP contribution in [-0.2, 0) is 22.7 Å². The number of methoxy groups -OCH3 is 1. The highest BCUT2D eigenvalue weighted by molar-refractivity contribution is 14.1. The maximum Gasteiger partial charge on any atom is 0.118 e. The van der Waals surface area contributed by atoms with Crippen LogP contribution < -0.4 is 4.74 Å². The number of rotatable bonds is 12. The summed E-state index contributed by atoms with van der Waals surface area (Å²) in [6.07, 6.45) is 1.23. The van der Waals surface area contributed by atoms with Gasteiger partial charge in [-0.15, -0.1) is 0 Å². The molecule has 0 aliphatic rings. The lowest BCUT2D eigenvalue weighted by Gasteiger charge is -2.29. The van der Waals surface area contributed by atoms with Crippen molar-refractivity contribution in [1.82, 2.24) is 0 Å². The van der Waals surface area contributed by atoms with Gasteiger partial charge in [0, 0.05) is 11.0 Å². The van der Waals surface area contributed by atoms with Crippen LogP contribution in [0.2, 0.25) is 0 Å². The van der Waals surface area contributed by atoms with Crippen molar-refractivity contribution in [2.24, 2.45) is 11.8 Å². The van der Waals surface area contributed by atoms with Crippen molar-refractivity contribution in [1.29, 1.82) is 0 Å². The van der Waals surface area contributed by atoms with Crippen molar-refractivity contribution in [2.75, 3.05) is 18.1 Å². The summed E-state index contributed by atoms with van der Waals surface area (Å²) in [7, 11) is 1.69. The molecule has 2 rings (SSSR count). The van der Waals surface area contributed by atoms with E-state index >= 15 is 0 Å². The van der Waals surface area contributed by atoms with Crippen molar-refractivity contribution < 1.29 is 14.2 Å². The minimum absolute atomic E-state index is 0.226. The molecule has 2 aromatic rings. The molecule has 0 fully saturated rings. The Labute approximate surface area is 177 Å². The second-order valence-electron chi connectivity index (χ2n) is 7.06. The Morgan fingerprint density at radius 2 is 1.52 bits per heavy atom. The molecule has 0 N–H and O–H groups in total. The summed E-state index contributed by atoms with van der Waals surface area (Å²) in [6, 6.07) is 18.4. The maximum absolute atomic E-state index is 6.33. The Morgan fingerprint density at radius 3 is 2.15 bits per heavy atom. The quantitative estimate of drug-likeness (QED) is 0.214. The van der Waals surface area contributed by atoms with Gasteiger partial charge in [-0.25, -0.2) is 0 Å². The molecular formula is C23H31IO3. The van der Waals surface area contributed by atoms with Crippen molar-refractivity contribution in [2.45, 2.75) is 39.6 Å². The van der Waals surface area contributed by atoms with Crippen LogP contribution >= 0.6 is 22.6 Å². The molecule has 0 saturated carbocycles. The fraction of sp³-hybridized carbons (Fsp3) is 0.478. The van der Waals surface area contributed by atoms with E-state index in [0.29, 0.717) is 25.0 Å². The van der Waals surface area contributed by atoms with Gasteiger partial charge in [0.1, 0.15) is 5.75 Å². The number of ether oxygens (including phenoxy) is 3. The van der Waals surface area contributed by atoms with Gasteiger partial charge in [0.15, 0.2) is 0 Å². The van der Waals surface area contributed by atoms with Gasteiger partial charge in [-0.1, -0.05) is 78.9 Å². The first-order chi connectivity index (χ1) is 13.1. The molecule has 0 amide bonds. The van der Waals surface area contributed by atoms with E-state index in [1.165, 1.54) is 11.1 Å². The van der Waals surface area contributed by atoms with Crippen LogP contribution in [0.4, 0.5) is 0 Å². The average molecular weight is 482 g/mol. The molecule has 0 aromatic heterocycles. The minimum atomic E-state index is 0.226. The number of benzene rings is 2. The largest absolute Gasteiger partial charge is 0.497 e. The summed E-state index contributed by atoms with van der Waals surface area (Å²) in [5, 5.41) is 0. The van der Waals surface area contributed by atoms with Crippen LogP contribution in [0.25, 0.3) is 0 Å². The Morgan fingerprint density at radius 1 is 0.852 bits per heavy atom. The van der Waals surface area contributed by atoms with Gasteiger partial charge in [-0.05, 0) is 41.5 Å². The Bertz CT molecular complexity index is 630. The highest BCUT2D eigenvalue weighted by Gasteiger charge is 2.24. The van der Waals surface area contributed by atoms with E-state index in [4.69, 9.17) is 14.2 Å². The zero-order valence-corrected chi connectivity index (χ0v) is 18.7. The van der Waals surface area contributed by atoms with Gasteiger partial charge in [-0.3, -0.25) is 0 Å². The third kappa shape index (κ3) is 7.80. The van der Waals surface area contributed by atoms with E-state index in [9.17, 15) is 0 Å². The number of hydrogen-bond donors (Lipinski definition) is 0. The molecular weight excluding hydrogens is 451 g/mol. The van der Waals surface area contributed by atoms with Crippen molar-refractivity contribution >= 4 is 22.6 Å². The van der Waals surface area contributed by atoms with E-state index in [0.717, 1.165) is 23.2 Å². The Balaban J connectivity index is 1.80. The lowest BCUT2D eigenvalue weighted by Crippen LogP contribution is -2.30. The van der Waals surface area contributed by atoms with Crippen molar-refractivity contribution in [3.05, 3.63) is 65.7 Å². The minimum Gasteiger partial charge on any atom is -0.497 e. The lowest BCUT2D eigenvalue weighted by molar-refractivity contribution is -0.0313. The summed E-state index contributed by atoms with van der Waals surface area (Å²) in [4.78, 5) is 0. The monoisotopic (exact) mass is 482 g/mol. The summed E-state index contributed by atoms with van der Waals surface area (Å²) < 4.78 is 18.5. The van der Waals surface area contributed by atoms with E-state index in [1.54, 1.807) is 7.11 Å². The molecule has 0 heterocycles. The normalized spacial score (nSPS) is 14.5. The van der Waals surface area contributed by atoms with E-state index in [-0.39, 0.29) is 6.10 Å². The SMILES string of the molecule is COc1ccc(CO[C@@H]([C@H](C)CCOCc2ccccc2)[C@@H](C)CI)cc1. The first kappa shape index (κ1) is 22.2. The molecule has 27 heavy (non-hydrogen) atoms.